The quantitative estimate of drug-likeness (QED) is 0.652. The van der Waals surface area contributed by atoms with Gasteiger partial charge in [-0.2, -0.15) is 0 Å². The van der Waals surface area contributed by atoms with Crippen LogP contribution in [0.1, 0.15) is 32.6 Å². The number of halogens is 1. The molecule has 1 aliphatic heterocycles. The predicted molar refractivity (Wildman–Crippen MR) is 118 cm³/mol. The number of fused-ring (bicyclic) bond motifs is 1. The highest BCUT2D eigenvalue weighted by Crippen LogP contribution is 2.30. The van der Waals surface area contributed by atoms with Crippen molar-refractivity contribution in [2.75, 3.05) is 11.4 Å². The molecule has 0 aromatic heterocycles. The zero-order valence-electron chi connectivity index (χ0n) is 17.4. The fraction of sp³-hybridized carbons (Fsp3) is 0.208. The molecule has 31 heavy (non-hydrogen) atoms. The summed E-state index contributed by atoms with van der Waals surface area (Å²) >= 11 is 0. The molecule has 1 amide bonds. The van der Waals surface area contributed by atoms with E-state index in [1.54, 1.807) is 24.0 Å². The minimum atomic E-state index is -3.63. The van der Waals surface area contributed by atoms with Gasteiger partial charge in [-0.3, -0.25) is 4.79 Å². The molecule has 0 radical (unpaired) electrons. The molecule has 0 spiro atoms. The first-order valence-electron chi connectivity index (χ1n) is 10.0. The fourth-order valence-corrected chi connectivity index (χ4v) is 5.12. The SMILES string of the molecule is Cc1ccc(S(=O)(=O)NCc2ccc3c(c2)CCN3C(=O)c2ccc(F)cc2)c(C)c1. The van der Waals surface area contributed by atoms with Crippen LogP contribution in [-0.4, -0.2) is 20.9 Å². The Morgan fingerprint density at radius 3 is 2.48 bits per heavy atom. The third-order valence-corrected chi connectivity index (χ3v) is 7.02. The lowest BCUT2D eigenvalue weighted by Crippen LogP contribution is -2.28. The molecular weight excluding hydrogens is 415 g/mol. The number of nitrogens with one attached hydrogen (secondary N) is 1. The number of aryl methyl sites for hydroxylation is 2. The highest BCUT2D eigenvalue weighted by Gasteiger charge is 2.26. The lowest BCUT2D eigenvalue weighted by atomic mass is 10.1. The number of hydrogen-bond acceptors (Lipinski definition) is 3. The Labute approximate surface area is 181 Å². The molecule has 1 heterocycles. The molecule has 0 saturated carbocycles. The Kier molecular flexibility index (Phi) is 5.64. The Bertz CT molecular complexity index is 1250. The van der Waals surface area contributed by atoms with Crippen molar-refractivity contribution in [2.24, 2.45) is 0 Å². The van der Waals surface area contributed by atoms with Crippen molar-refractivity contribution in [1.29, 1.82) is 0 Å². The third-order valence-electron chi connectivity index (χ3n) is 5.46. The van der Waals surface area contributed by atoms with Gasteiger partial charge in [-0.25, -0.2) is 17.5 Å². The van der Waals surface area contributed by atoms with Crippen molar-refractivity contribution in [3.05, 3.63) is 94.3 Å². The van der Waals surface area contributed by atoms with E-state index in [2.05, 4.69) is 4.72 Å². The van der Waals surface area contributed by atoms with Crippen LogP contribution in [-0.2, 0) is 23.0 Å². The van der Waals surface area contributed by atoms with Gasteiger partial charge in [-0.1, -0.05) is 29.8 Å². The molecule has 0 unspecified atom stereocenters. The summed E-state index contributed by atoms with van der Waals surface area (Å²) in [7, 11) is -3.63. The molecule has 0 fully saturated rings. The summed E-state index contributed by atoms with van der Waals surface area (Å²) in [5.41, 5.74) is 4.75. The first kappa shape index (κ1) is 21.2. The van der Waals surface area contributed by atoms with Gasteiger partial charge >= 0.3 is 0 Å². The average molecular weight is 439 g/mol. The Balaban J connectivity index is 1.49. The molecule has 5 nitrogen and oxygen atoms in total. The maximum absolute atomic E-state index is 13.1. The van der Waals surface area contributed by atoms with E-state index in [0.717, 1.165) is 22.4 Å². The summed E-state index contributed by atoms with van der Waals surface area (Å²) in [6.45, 7) is 4.40. The van der Waals surface area contributed by atoms with E-state index in [1.807, 2.05) is 31.2 Å². The average Bonchev–Trinajstić information content (AvgIpc) is 3.15. The van der Waals surface area contributed by atoms with Crippen LogP contribution in [0.15, 0.2) is 65.6 Å². The van der Waals surface area contributed by atoms with Crippen molar-refractivity contribution < 1.29 is 17.6 Å². The van der Waals surface area contributed by atoms with Gasteiger partial charge < -0.3 is 4.90 Å². The minimum absolute atomic E-state index is 0.162. The van der Waals surface area contributed by atoms with Crippen molar-refractivity contribution in [1.82, 2.24) is 4.72 Å². The van der Waals surface area contributed by atoms with Crippen molar-refractivity contribution >= 4 is 21.6 Å². The smallest absolute Gasteiger partial charge is 0.258 e. The number of amides is 1. The Morgan fingerprint density at radius 1 is 1.03 bits per heavy atom. The number of carbonyl (C=O) groups is 1. The number of rotatable bonds is 5. The normalized spacial score (nSPS) is 13.3. The fourth-order valence-electron chi connectivity index (χ4n) is 3.88. The topological polar surface area (TPSA) is 66.5 Å². The van der Waals surface area contributed by atoms with E-state index in [9.17, 15) is 17.6 Å². The van der Waals surface area contributed by atoms with Gasteiger partial charge in [0.1, 0.15) is 5.82 Å². The maximum Gasteiger partial charge on any atom is 0.258 e. The number of hydrogen-bond donors (Lipinski definition) is 1. The summed E-state index contributed by atoms with van der Waals surface area (Å²) in [6.07, 6.45) is 0.680. The second-order valence-electron chi connectivity index (χ2n) is 7.77. The number of benzene rings is 3. The molecule has 0 aliphatic carbocycles. The van der Waals surface area contributed by atoms with Gasteiger partial charge in [0.2, 0.25) is 10.0 Å². The second-order valence-corrected chi connectivity index (χ2v) is 9.51. The molecule has 0 saturated heterocycles. The molecule has 4 rings (SSSR count). The van der Waals surface area contributed by atoms with E-state index >= 15 is 0 Å². The van der Waals surface area contributed by atoms with E-state index in [-0.39, 0.29) is 23.2 Å². The summed E-state index contributed by atoms with van der Waals surface area (Å²) in [5.74, 6) is -0.562. The van der Waals surface area contributed by atoms with Crippen molar-refractivity contribution in [2.45, 2.75) is 31.7 Å². The van der Waals surface area contributed by atoms with E-state index < -0.39 is 10.0 Å². The first-order valence-corrected chi connectivity index (χ1v) is 11.5. The molecule has 1 aliphatic rings. The minimum Gasteiger partial charge on any atom is -0.308 e. The van der Waals surface area contributed by atoms with Gasteiger partial charge in [0.05, 0.1) is 4.90 Å². The monoisotopic (exact) mass is 438 g/mol. The lowest BCUT2D eigenvalue weighted by molar-refractivity contribution is 0.0989. The van der Waals surface area contributed by atoms with E-state index in [1.165, 1.54) is 24.3 Å². The van der Waals surface area contributed by atoms with Gasteiger partial charge in [-0.05, 0) is 73.4 Å². The standard InChI is InChI=1S/C24H23FN2O3S/c1-16-3-10-23(17(2)13-16)31(29,30)26-15-18-4-9-22-20(14-18)11-12-27(22)24(28)19-5-7-21(25)8-6-19/h3-10,13-14,26H,11-12,15H2,1-2H3. The van der Waals surface area contributed by atoms with Gasteiger partial charge in [0, 0.05) is 24.3 Å². The summed E-state index contributed by atoms with van der Waals surface area (Å²) in [5, 5.41) is 0. The number of nitrogens with zero attached hydrogens (tertiary/aromatic N) is 1. The van der Waals surface area contributed by atoms with Crippen LogP contribution in [0.5, 0.6) is 0 Å². The molecule has 160 valence electrons. The highest BCUT2D eigenvalue weighted by atomic mass is 32.2. The largest absolute Gasteiger partial charge is 0.308 e. The van der Waals surface area contributed by atoms with Crippen LogP contribution in [0.25, 0.3) is 0 Å². The number of carbonyl (C=O) groups excluding carboxylic acids is 1. The van der Waals surface area contributed by atoms with Gasteiger partial charge in [-0.15, -0.1) is 0 Å². The predicted octanol–water partition coefficient (Wildman–Crippen LogP) is 4.12. The maximum atomic E-state index is 13.1. The second kappa shape index (κ2) is 8.24. The Hall–Kier alpha value is -3.03. The van der Waals surface area contributed by atoms with Crippen LogP contribution in [0.4, 0.5) is 10.1 Å². The van der Waals surface area contributed by atoms with Crippen molar-refractivity contribution in [3.63, 3.8) is 0 Å². The number of sulfonamides is 1. The molecule has 0 atom stereocenters. The number of anilines is 1. The highest BCUT2D eigenvalue weighted by molar-refractivity contribution is 7.89. The van der Waals surface area contributed by atoms with Crippen molar-refractivity contribution in [3.8, 4) is 0 Å². The molecule has 1 N–H and O–H groups in total. The van der Waals surface area contributed by atoms with Crippen LogP contribution in [0.2, 0.25) is 0 Å². The lowest BCUT2D eigenvalue weighted by Gasteiger charge is -2.18. The van der Waals surface area contributed by atoms with E-state index in [4.69, 9.17) is 0 Å². The van der Waals surface area contributed by atoms with E-state index in [0.29, 0.717) is 24.1 Å². The Morgan fingerprint density at radius 2 is 1.77 bits per heavy atom. The molecule has 0 bridgehead atoms. The molecule has 3 aromatic rings. The molecular formula is C24H23FN2O3S. The van der Waals surface area contributed by atoms with Crippen LogP contribution in [0.3, 0.4) is 0 Å². The van der Waals surface area contributed by atoms with Gasteiger partial charge in [0.15, 0.2) is 0 Å². The van der Waals surface area contributed by atoms with Crippen LogP contribution >= 0.6 is 0 Å². The van der Waals surface area contributed by atoms with Crippen LogP contribution < -0.4 is 9.62 Å². The third kappa shape index (κ3) is 4.38. The summed E-state index contributed by atoms with van der Waals surface area (Å²) in [4.78, 5) is 14.7. The molecule has 7 heteroatoms. The zero-order valence-corrected chi connectivity index (χ0v) is 18.2. The first-order chi connectivity index (χ1) is 14.7. The zero-order chi connectivity index (χ0) is 22.2. The summed E-state index contributed by atoms with van der Waals surface area (Å²) < 4.78 is 41.2. The summed E-state index contributed by atoms with van der Waals surface area (Å²) in [6, 6.07) is 16.3. The molecule has 3 aromatic carbocycles. The van der Waals surface area contributed by atoms with Gasteiger partial charge in [0.25, 0.3) is 5.91 Å². The van der Waals surface area contributed by atoms with Crippen LogP contribution in [0, 0.1) is 19.7 Å².